The lowest BCUT2D eigenvalue weighted by Gasteiger charge is -2.24. The van der Waals surface area contributed by atoms with Crippen molar-refractivity contribution >= 4 is 29.1 Å². The molecule has 0 saturated heterocycles. The third kappa shape index (κ3) is 5.79. The first kappa shape index (κ1) is 23.3. The predicted octanol–water partition coefficient (Wildman–Crippen LogP) is 4.44. The lowest BCUT2D eigenvalue weighted by Crippen LogP contribution is -2.50. The zero-order chi connectivity index (χ0) is 22.4. The Balaban J connectivity index is 2.11. The monoisotopic (exact) mass is 431 g/mol. The molecule has 0 heterocycles. The van der Waals surface area contributed by atoms with Crippen LogP contribution < -0.4 is 10.6 Å². The highest BCUT2D eigenvalue weighted by atomic mass is 35.5. The summed E-state index contributed by atoms with van der Waals surface area (Å²) in [4.78, 5) is 35.7. The summed E-state index contributed by atoms with van der Waals surface area (Å²) in [5.74, 6) is -1.06. The fourth-order valence-electron chi connectivity index (χ4n) is 2.98. The number of non-ortho nitro benzene ring substituents is 1. The van der Waals surface area contributed by atoms with Crippen LogP contribution in [0.1, 0.15) is 55.2 Å². The van der Waals surface area contributed by atoms with Crippen LogP contribution in [0.15, 0.2) is 42.5 Å². The molecule has 0 aliphatic rings. The Bertz CT molecular complexity index is 928. The van der Waals surface area contributed by atoms with Crippen molar-refractivity contribution in [3.63, 3.8) is 0 Å². The summed E-state index contributed by atoms with van der Waals surface area (Å²) in [7, 11) is 0. The smallest absolute Gasteiger partial charge is 0.270 e. The van der Waals surface area contributed by atoms with Gasteiger partial charge in [-0.2, -0.15) is 0 Å². The van der Waals surface area contributed by atoms with Gasteiger partial charge >= 0.3 is 0 Å². The molecule has 2 rings (SSSR count). The number of amides is 2. The summed E-state index contributed by atoms with van der Waals surface area (Å²) in [6.45, 7) is 7.60. The molecule has 0 aliphatic carbocycles. The zero-order valence-corrected chi connectivity index (χ0v) is 18.2. The number of nitro benzene ring substituents is 1. The van der Waals surface area contributed by atoms with Crippen LogP contribution in [0.4, 0.5) is 5.69 Å². The maximum atomic E-state index is 12.8. The van der Waals surface area contributed by atoms with Gasteiger partial charge in [0.1, 0.15) is 6.04 Å². The number of aryl methyl sites for hydroxylation is 1. The van der Waals surface area contributed by atoms with Gasteiger partial charge in [-0.25, -0.2) is 0 Å². The van der Waals surface area contributed by atoms with E-state index in [1.807, 2.05) is 45.0 Å². The number of halogens is 1. The van der Waals surface area contributed by atoms with E-state index >= 15 is 0 Å². The summed E-state index contributed by atoms with van der Waals surface area (Å²) in [6.07, 6.45) is 0.938. The van der Waals surface area contributed by atoms with Gasteiger partial charge in [-0.15, -0.1) is 0 Å². The third-order valence-electron chi connectivity index (χ3n) is 4.89. The molecular weight excluding hydrogens is 406 g/mol. The fraction of sp³-hybridized carbons (Fsp3) is 0.364. The Morgan fingerprint density at radius 3 is 2.20 bits per heavy atom. The molecule has 2 atom stereocenters. The number of benzene rings is 2. The van der Waals surface area contributed by atoms with E-state index in [4.69, 9.17) is 11.6 Å². The quantitative estimate of drug-likeness (QED) is 0.476. The highest BCUT2D eigenvalue weighted by Crippen LogP contribution is 2.23. The number of hydrogen-bond acceptors (Lipinski definition) is 4. The summed E-state index contributed by atoms with van der Waals surface area (Å²) < 4.78 is 0. The Labute approximate surface area is 181 Å². The van der Waals surface area contributed by atoms with E-state index in [-0.39, 0.29) is 34.1 Å². The van der Waals surface area contributed by atoms with E-state index in [0.29, 0.717) is 0 Å². The van der Waals surface area contributed by atoms with Gasteiger partial charge in [0.15, 0.2) is 0 Å². The first-order chi connectivity index (χ1) is 14.1. The minimum atomic E-state index is -0.791. The molecular formula is C22H26ClN3O4. The zero-order valence-electron chi connectivity index (χ0n) is 17.4. The molecule has 2 aromatic carbocycles. The molecule has 0 spiro atoms. The number of nitrogens with zero attached hydrogens (tertiary/aromatic N) is 1. The van der Waals surface area contributed by atoms with Crippen LogP contribution in [-0.2, 0) is 11.2 Å². The van der Waals surface area contributed by atoms with Gasteiger partial charge in [-0.05, 0) is 36.5 Å². The van der Waals surface area contributed by atoms with Crippen molar-refractivity contribution in [3.8, 4) is 0 Å². The van der Waals surface area contributed by atoms with Crippen LogP contribution in [0.2, 0.25) is 5.02 Å². The standard InChI is InChI=1S/C22H26ClN3O4/c1-5-15-6-8-16(9-7-15)14(4)24-22(28)20(13(2)3)25-21(27)18-11-10-17(26(29)30)12-19(18)23/h6-14,20H,5H2,1-4H3,(H,24,28)(H,25,27). The molecule has 7 nitrogen and oxygen atoms in total. The van der Waals surface area contributed by atoms with Crippen molar-refractivity contribution < 1.29 is 14.5 Å². The second-order valence-electron chi connectivity index (χ2n) is 7.44. The van der Waals surface area contributed by atoms with E-state index in [1.54, 1.807) is 0 Å². The first-order valence-corrected chi connectivity index (χ1v) is 10.2. The topological polar surface area (TPSA) is 101 Å². The largest absolute Gasteiger partial charge is 0.348 e. The Kier molecular flexibility index (Phi) is 7.94. The molecule has 30 heavy (non-hydrogen) atoms. The van der Waals surface area contributed by atoms with Gasteiger partial charge < -0.3 is 10.6 Å². The van der Waals surface area contributed by atoms with Crippen molar-refractivity contribution in [1.82, 2.24) is 10.6 Å². The Hall–Kier alpha value is -2.93. The second-order valence-corrected chi connectivity index (χ2v) is 7.85. The minimum Gasteiger partial charge on any atom is -0.348 e. The van der Waals surface area contributed by atoms with Crippen LogP contribution in [0, 0.1) is 16.0 Å². The summed E-state index contributed by atoms with van der Waals surface area (Å²) >= 11 is 6.03. The van der Waals surface area contributed by atoms with Crippen LogP contribution in [-0.4, -0.2) is 22.8 Å². The molecule has 0 fully saturated rings. The first-order valence-electron chi connectivity index (χ1n) is 9.78. The van der Waals surface area contributed by atoms with Crippen molar-refractivity contribution in [1.29, 1.82) is 0 Å². The van der Waals surface area contributed by atoms with Gasteiger partial charge in [-0.3, -0.25) is 19.7 Å². The molecule has 0 aromatic heterocycles. The number of carbonyl (C=O) groups excluding carboxylic acids is 2. The molecule has 0 saturated carbocycles. The number of nitro groups is 1. The van der Waals surface area contributed by atoms with Crippen LogP contribution in [0.3, 0.4) is 0 Å². The number of hydrogen-bond donors (Lipinski definition) is 2. The predicted molar refractivity (Wildman–Crippen MR) is 117 cm³/mol. The molecule has 2 N–H and O–H groups in total. The van der Waals surface area contributed by atoms with E-state index in [9.17, 15) is 19.7 Å². The average molecular weight is 432 g/mol. The van der Waals surface area contributed by atoms with Gasteiger partial charge in [0.05, 0.1) is 21.6 Å². The van der Waals surface area contributed by atoms with Gasteiger partial charge in [-0.1, -0.05) is 56.6 Å². The summed E-state index contributed by atoms with van der Waals surface area (Å²) in [6, 6.07) is 10.6. The maximum Gasteiger partial charge on any atom is 0.270 e. The van der Waals surface area contributed by atoms with Gasteiger partial charge in [0.2, 0.25) is 5.91 Å². The number of rotatable bonds is 8. The SMILES string of the molecule is CCc1ccc(C(C)NC(=O)C(NC(=O)c2ccc([N+](=O)[O-])cc2Cl)C(C)C)cc1. The third-order valence-corrected chi connectivity index (χ3v) is 5.20. The van der Waals surface area contributed by atoms with Gasteiger partial charge in [0, 0.05) is 12.1 Å². The second kappa shape index (κ2) is 10.2. The van der Waals surface area contributed by atoms with Gasteiger partial charge in [0.25, 0.3) is 11.6 Å². The van der Waals surface area contributed by atoms with Crippen LogP contribution in [0.25, 0.3) is 0 Å². The van der Waals surface area contributed by atoms with Crippen molar-refractivity contribution in [2.75, 3.05) is 0 Å². The molecule has 2 aromatic rings. The average Bonchev–Trinajstić information content (AvgIpc) is 2.71. The highest BCUT2D eigenvalue weighted by Gasteiger charge is 2.27. The van der Waals surface area contributed by atoms with Crippen molar-refractivity contribution in [2.45, 2.75) is 46.2 Å². The molecule has 160 valence electrons. The lowest BCUT2D eigenvalue weighted by atomic mass is 10.0. The minimum absolute atomic E-state index is 0.0472. The normalized spacial score (nSPS) is 12.9. The summed E-state index contributed by atoms with van der Waals surface area (Å²) in [5, 5.41) is 16.4. The van der Waals surface area contributed by atoms with E-state index < -0.39 is 16.9 Å². The van der Waals surface area contributed by atoms with Crippen LogP contribution in [0.5, 0.6) is 0 Å². The Morgan fingerprint density at radius 1 is 1.07 bits per heavy atom. The lowest BCUT2D eigenvalue weighted by molar-refractivity contribution is -0.384. The van der Waals surface area contributed by atoms with Crippen LogP contribution >= 0.6 is 11.6 Å². The van der Waals surface area contributed by atoms with Crippen molar-refractivity contribution in [2.24, 2.45) is 5.92 Å². The number of carbonyl (C=O) groups is 2. The molecule has 0 radical (unpaired) electrons. The highest BCUT2D eigenvalue weighted by molar-refractivity contribution is 6.34. The summed E-state index contributed by atoms with van der Waals surface area (Å²) in [5.41, 5.74) is 2.04. The molecule has 2 amide bonds. The molecule has 0 aliphatic heterocycles. The molecule has 8 heteroatoms. The fourth-order valence-corrected chi connectivity index (χ4v) is 3.24. The maximum absolute atomic E-state index is 12.8. The van der Waals surface area contributed by atoms with E-state index in [2.05, 4.69) is 17.6 Å². The molecule has 0 bridgehead atoms. The van der Waals surface area contributed by atoms with E-state index in [0.717, 1.165) is 18.1 Å². The molecule has 2 unspecified atom stereocenters. The van der Waals surface area contributed by atoms with E-state index in [1.165, 1.54) is 17.7 Å². The number of nitrogens with one attached hydrogen (secondary N) is 2. The Morgan fingerprint density at radius 2 is 1.70 bits per heavy atom. The van der Waals surface area contributed by atoms with Crippen molar-refractivity contribution in [3.05, 3.63) is 74.3 Å².